The molecule has 0 aromatic carbocycles. The van der Waals surface area contributed by atoms with E-state index in [2.05, 4.69) is 9.80 Å². The molecule has 1 aliphatic rings. The van der Waals surface area contributed by atoms with Crippen LogP contribution in [0.4, 0.5) is 0 Å². The first-order valence-electron chi connectivity index (χ1n) is 7.21. The van der Waals surface area contributed by atoms with Crippen LogP contribution in [0.1, 0.15) is 32.6 Å². The lowest BCUT2D eigenvalue weighted by atomic mass is 10.2. The second kappa shape index (κ2) is 9.48. The van der Waals surface area contributed by atoms with Gasteiger partial charge in [-0.2, -0.15) is 0 Å². The highest BCUT2D eigenvalue weighted by atomic mass is 16.5. The quantitative estimate of drug-likeness (QED) is 0.584. The standard InChI is InChI=1S/C14H28N2O2/c1-3-14(17)13-16-10-8-15(9-11-16)7-5-4-6-12-18-2/h3-13H2,1-2H3. The molecule has 0 spiro atoms. The van der Waals surface area contributed by atoms with E-state index in [1.165, 1.54) is 25.8 Å². The smallest absolute Gasteiger partial charge is 0.146 e. The molecule has 0 radical (unpaired) electrons. The van der Waals surface area contributed by atoms with Crippen LogP contribution in [0, 0.1) is 0 Å². The summed E-state index contributed by atoms with van der Waals surface area (Å²) < 4.78 is 5.04. The number of Topliss-reactive ketones (excluding diaryl/α,β-unsaturated/α-hetero) is 1. The third kappa shape index (κ3) is 6.47. The summed E-state index contributed by atoms with van der Waals surface area (Å²) in [6.45, 7) is 8.99. The molecular weight excluding hydrogens is 228 g/mol. The Hall–Kier alpha value is -0.450. The van der Waals surface area contributed by atoms with Gasteiger partial charge in [0.1, 0.15) is 5.78 Å². The summed E-state index contributed by atoms with van der Waals surface area (Å²) in [5, 5.41) is 0. The number of nitrogens with zero attached hydrogens (tertiary/aromatic N) is 2. The van der Waals surface area contributed by atoms with E-state index in [0.29, 0.717) is 18.7 Å². The minimum Gasteiger partial charge on any atom is -0.385 e. The Morgan fingerprint density at radius 1 is 1.06 bits per heavy atom. The van der Waals surface area contributed by atoms with E-state index < -0.39 is 0 Å². The molecule has 1 aliphatic heterocycles. The van der Waals surface area contributed by atoms with E-state index in [4.69, 9.17) is 4.74 Å². The zero-order chi connectivity index (χ0) is 13.2. The number of rotatable bonds is 9. The highest BCUT2D eigenvalue weighted by molar-refractivity contribution is 5.80. The van der Waals surface area contributed by atoms with E-state index in [9.17, 15) is 4.79 Å². The maximum absolute atomic E-state index is 11.4. The van der Waals surface area contributed by atoms with Gasteiger partial charge in [-0.3, -0.25) is 9.69 Å². The Bertz CT molecular complexity index is 226. The predicted molar refractivity (Wildman–Crippen MR) is 73.9 cm³/mol. The maximum atomic E-state index is 11.4. The van der Waals surface area contributed by atoms with Crippen LogP contribution in [0.2, 0.25) is 0 Å². The van der Waals surface area contributed by atoms with Crippen molar-refractivity contribution in [1.29, 1.82) is 0 Å². The third-order valence-electron chi connectivity index (χ3n) is 3.58. The van der Waals surface area contributed by atoms with E-state index in [0.717, 1.165) is 32.8 Å². The van der Waals surface area contributed by atoms with Crippen molar-refractivity contribution in [3.63, 3.8) is 0 Å². The number of hydrogen-bond donors (Lipinski definition) is 0. The minimum absolute atomic E-state index is 0.364. The van der Waals surface area contributed by atoms with Crippen LogP contribution in [0.25, 0.3) is 0 Å². The monoisotopic (exact) mass is 256 g/mol. The van der Waals surface area contributed by atoms with Crippen molar-refractivity contribution in [2.75, 3.05) is 53.0 Å². The Labute approximate surface area is 111 Å². The molecular formula is C14H28N2O2. The predicted octanol–water partition coefficient (Wildman–Crippen LogP) is 1.40. The van der Waals surface area contributed by atoms with Crippen molar-refractivity contribution in [3.8, 4) is 0 Å². The Morgan fingerprint density at radius 3 is 2.33 bits per heavy atom. The van der Waals surface area contributed by atoms with Crippen LogP contribution >= 0.6 is 0 Å². The van der Waals surface area contributed by atoms with Crippen molar-refractivity contribution < 1.29 is 9.53 Å². The average Bonchev–Trinajstić information content (AvgIpc) is 2.40. The van der Waals surface area contributed by atoms with Crippen LogP contribution in [0.3, 0.4) is 0 Å². The summed E-state index contributed by atoms with van der Waals surface area (Å²) in [6, 6.07) is 0. The van der Waals surface area contributed by atoms with E-state index in [1.54, 1.807) is 7.11 Å². The third-order valence-corrected chi connectivity index (χ3v) is 3.58. The molecule has 18 heavy (non-hydrogen) atoms. The van der Waals surface area contributed by atoms with Crippen LogP contribution in [-0.2, 0) is 9.53 Å². The van der Waals surface area contributed by atoms with E-state index >= 15 is 0 Å². The molecule has 1 rings (SSSR count). The summed E-state index contributed by atoms with van der Waals surface area (Å²) in [7, 11) is 1.76. The van der Waals surface area contributed by atoms with Gasteiger partial charge in [-0.15, -0.1) is 0 Å². The number of unbranched alkanes of at least 4 members (excludes halogenated alkanes) is 2. The van der Waals surface area contributed by atoms with Crippen molar-refractivity contribution in [2.45, 2.75) is 32.6 Å². The first-order valence-corrected chi connectivity index (χ1v) is 7.21. The van der Waals surface area contributed by atoms with Crippen LogP contribution in [-0.4, -0.2) is 68.6 Å². The van der Waals surface area contributed by atoms with Gasteiger partial charge in [-0.25, -0.2) is 0 Å². The van der Waals surface area contributed by atoms with E-state index in [1.807, 2.05) is 6.92 Å². The van der Waals surface area contributed by atoms with E-state index in [-0.39, 0.29) is 0 Å². The van der Waals surface area contributed by atoms with Gasteiger partial charge in [0, 0.05) is 46.3 Å². The molecule has 0 unspecified atom stereocenters. The number of ketones is 1. The summed E-state index contributed by atoms with van der Waals surface area (Å²) in [4.78, 5) is 16.2. The summed E-state index contributed by atoms with van der Waals surface area (Å²) in [6.07, 6.45) is 4.35. The lowest BCUT2D eigenvalue weighted by molar-refractivity contribution is -0.120. The fourth-order valence-corrected chi connectivity index (χ4v) is 2.29. The average molecular weight is 256 g/mol. The summed E-state index contributed by atoms with van der Waals surface area (Å²) in [5.74, 6) is 0.364. The fourth-order valence-electron chi connectivity index (χ4n) is 2.29. The molecule has 1 heterocycles. The van der Waals surface area contributed by atoms with Gasteiger partial charge in [-0.1, -0.05) is 6.92 Å². The molecule has 0 aromatic heterocycles. The summed E-state index contributed by atoms with van der Waals surface area (Å²) >= 11 is 0. The van der Waals surface area contributed by atoms with Crippen LogP contribution in [0.5, 0.6) is 0 Å². The van der Waals surface area contributed by atoms with Gasteiger partial charge in [0.25, 0.3) is 0 Å². The number of piperazine rings is 1. The molecule has 0 amide bonds. The van der Waals surface area contributed by atoms with Gasteiger partial charge in [0.15, 0.2) is 0 Å². The topological polar surface area (TPSA) is 32.8 Å². The lowest BCUT2D eigenvalue weighted by Crippen LogP contribution is -2.47. The maximum Gasteiger partial charge on any atom is 0.146 e. The number of carbonyl (C=O) groups is 1. The molecule has 0 bridgehead atoms. The largest absolute Gasteiger partial charge is 0.385 e. The zero-order valence-electron chi connectivity index (χ0n) is 12.0. The van der Waals surface area contributed by atoms with Crippen LogP contribution in [0.15, 0.2) is 0 Å². The fraction of sp³-hybridized carbons (Fsp3) is 0.929. The van der Waals surface area contributed by atoms with Gasteiger partial charge >= 0.3 is 0 Å². The first-order chi connectivity index (χ1) is 8.76. The molecule has 0 aromatic rings. The molecule has 106 valence electrons. The molecule has 1 fully saturated rings. The summed E-state index contributed by atoms with van der Waals surface area (Å²) in [5.41, 5.74) is 0. The van der Waals surface area contributed by atoms with Gasteiger partial charge < -0.3 is 9.64 Å². The van der Waals surface area contributed by atoms with Crippen molar-refractivity contribution in [3.05, 3.63) is 0 Å². The molecule has 0 atom stereocenters. The Kier molecular flexibility index (Phi) is 8.22. The molecule has 0 aliphatic carbocycles. The van der Waals surface area contributed by atoms with Gasteiger partial charge in [0.05, 0.1) is 6.54 Å². The number of carbonyl (C=O) groups excluding carboxylic acids is 1. The van der Waals surface area contributed by atoms with Crippen molar-refractivity contribution >= 4 is 5.78 Å². The first kappa shape index (κ1) is 15.6. The Balaban J connectivity index is 2.03. The highest BCUT2D eigenvalue weighted by Gasteiger charge is 2.17. The number of methoxy groups -OCH3 is 1. The molecule has 0 saturated carbocycles. The normalized spacial score (nSPS) is 18.1. The number of hydrogen-bond acceptors (Lipinski definition) is 4. The second-order valence-corrected chi connectivity index (χ2v) is 5.06. The molecule has 4 nitrogen and oxygen atoms in total. The van der Waals surface area contributed by atoms with Crippen molar-refractivity contribution in [2.24, 2.45) is 0 Å². The zero-order valence-corrected chi connectivity index (χ0v) is 12.0. The van der Waals surface area contributed by atoms with Crippen LogP contribution < -0.4 is 0 Å². The number of ether oxygens (including phenoxy) is 1. The van der Waals surface area contributed by atoms with Crippen molar-refractivity contribution in [1.82, 2.24) is 9.80 Å². The second-order valence-electron chi connectivity index (χ2n) is 5.06. The molecule has 4 heteroatoms. The minimum atomic E-state index is 0.364. The van der Waals surface area contributed by atoms with Gasteiger partial charge in [-0.05, 0) is 25.8 Å². The molecule has 0 N–H and O–H groups in total. The Morgan fingerprint density at radius 2 is 1.72 bits per heavy atom. The lowest BCUT2D eigenvalue weighted by Gasteiger charge is -2.34. The molecule has 1 saturated heterocycles. The van der Waals surface area contributed by atoms with Gasteiger partial charge in [0.2, 0.25) is 0 Å². The SMILES string of the molecule is CCC(=O)CN1CCN(CCCCCOC)CC1. The highest BCUT2D eigenvalue weighted by Crippen LogP contribution is 2.05.